The van der Waals surface area contributed by atoms with E-state index in [0.717, 1.165) is 37.2 Å². The first-order chi connectivity index (χ1) is 13.3. The van der Waals surface area contributed by atoms with E-state index in [1.54, 1.807) is 6.20 Å². The second kappa shape index (κ2) is 7.76. The van der Waals surface area contributed by atoms with Gasteiger partial charge >= 0.3 is 0 Å². The molecule has 27 heavy (non-hydrogen) atoms. The lowest BCUT2D eigenvalue weighted by molar-refractivity contribution is 0.0787. The van der Waals surface area contributed by atoms with Gasteiger partial charge in [0.15, 0.2) is 5.76 Å². The monoisotopic (exact) mass is 361 g/mol. The molecule has 1 saturated heterocycles. The minimum Gasteiger partial charge on any atom is -0.436 e. The molecule has 1 fully saturated rings. The van der Waals surface area contributed by atoms with Gasteiger partial charge in [-0.15, -0.1) is 0 Å². The second-order valence-electron chi connectivity index (χ2n) is 6.90. The van der Waals surface area contributed by atoms with E-state index >= 15 is 0 Å². The normalized spacial score (nSPS) is 16.6. The largest absolute Gasteiger partial charge is 0.436 e. The Balaban J connectivity index is 1.61. The average Bonchev–Trinajstić information content (AvgIpc) is 3.38. The van der Waals surface area contributed by atoms with Gasteiger partial charge in [-0.2, -0.15) is 0 Å². The first-order valence-corrected chi connectivity index (χ1v) is 9.31. The third-order valence-corrected chi connectivity index (χ3v) is 5.02. The average molecular weight is 361 g/mol. The quantitative estimate of drug-likeness (QED) is 0.753. The number of benzene rings is 2. The number of carbonyl (C=O) groups excluding carboxylic acids is 1. The Morgan fingerprint density at radius 1 is 1.19 bits per heavy atom. The van der Waals surface area contributed by atoms with Gasteiger partial charge in [-0.3, -0.25) is 4.79 Å². The standard InChI is InChI=1S/C22H23N3O2/c1-23-13-16-11-12-25(15-16)22(26)19-10-6-5-9-18(19)21-24-14-20(27-21)17-7-3-2-4-8-17/h2-10,14,16,23H,11-13,15H2,1H3. The number of amides is 1. The van der Waals surface area contributed by atoms with Crippen LogP contribution >= 0.6 is 0 Å². The fourth-order valence-corrected chi connectivity index (χ4v) is 3.63. The summed E-state index contributed by atoms with van der Waals surface area (Å²) in [5.41, 5.74) is 2.35. The fraction of sp³-hybridized carbons (Fsp3) is 0.273. The number of aromatic nitrogens is 1. The van der Waals surface area contributed by atoms with Gasteiger partial charge in [0.2, 0.25) is 5.89 Å². The van der Waals surface area contributed by atoms with Gasteiger partial charge in [-0.1, -0.05) is 42.5 Å². The molecule has 2 heterocycles. The molecule has 5 heteroatoms. The van der Waals surface area contributed by atoms with E-state index in [0.29, 0.717) is 23.1 Å². The minimum absolute atomic E-state index is 0.0451. The maximum Gasteiger partial charge on any atom is 0.254 e. The molecule has 0 aliphatic carbocycles. The molecular weight excluding hydrogens is 338 g/mol. The Morgan fingerprint density at radius 3 is 2.78 bits per heavy atom. The molecule has 2 aromatic carbocycles. The van der Waals surface area contributed by atoms with Crippen LogP contribution in [0.2, 0.25) is 0 Å². The Hall–Kier alpha value is -2.92. The Morgan fingerprint density at radius 2 is 1.96 bits per heavy atom. The first-order valence-electron chi connectivity index (χ1n) is 9.31. The van der Waals surface area contributed by atoms with Crippen molar-refractivity contribution in [2.24, 2.45) is 5.92 Å². The summed E-state index contributed by atoms with van der Waals surface area (Å²) in [7, 11) is 1.95. The lowest BCUT2D eigenvalue weighted by Crippen LogP contribution is -2.30. The van der Waals surface area contributed by atoms with Crippen molar-refractivity contribution in [3.8, 4) is 22.8 Å². The molecule has 1 aliphatic heterocycles. The summed E-state index contributed by atoms with van der Waals surface area (Å²) in [4.78, 5) is 19.5. The van der Waals surface area contributed by atoms with Crippen molar-refractivity contribution in [3.05, 3.63) is 66.4 Å². The molecule has 0 bridgehead atoms. The van der Waals surface area contributed by atoms with Crippen molar-refractivity contribution >= 4 is 5.91 Å². The van der Waals surface area contributed by atoms with Crippen LogP contribution in [0.1, 0.15) is 16.8 Å². The molecule has 5 nitrogen and oxygen atoms in total. The van der Waals surface area contributed by atoms with Gasteiger partial charge in [-0.25, -0.2) is 4.98 Å². The Kier molecular flexibility index (Phi) is 5.03. The summed E-state index contributed by atoms with van der Waals surface area (Å²) in [5, 5.41) is 3.20. The molecule has 1 aliphatic rings. The summed E-state index contributed by atoms with van der Waals surface area (Å²) < 4.78 is 5.98. The predicted molar refractivity (Wildman–Crippen MR) is 105 cm³/mol. The molecule has 0 spiro atoms. The van der Waals surface area contributed by atoms with Gasteiger partial charge in [0.05, 0.1) is 11.8 Å². The van der Waals surface area contributed by atoms with Crippen molar-refractivity contribution in [2.75, 3.05) is 26.7 Å². The molecule has 1 unspecified atom stereocenters. The van der Waals surface area contributed by atoms with Gasteiger partial charge in [0, 0.05) is 24.2 Å². The minimum atomic E-state index is 0.0451. The molecular formula is C22H23N3O2. The van der Waals surface area contributed by atoms with Crippen LogP contribution in [0.15, 0.2) is 65.2 Å². The maximum absolute atomic E-state index is 13.1. The SMILES string of the molecule is CNCC1CCN(C(=O)c2ccccc2-c2ncc(-c3ccccc3)o2)C1. The molecule has 0 saturated carbocycles. The molecule has 138 valence electrons. The molecule has 1 atom stereocenters. The van der Waals surface area contributed by atoms with Crippen LogP contribution in [0.3, 0.4) is 0 Å². The smallest absolute Gasteiger partial charge is 0.254 e. The number of hydrogen-bond acceptors (Lipinski definition) is 4. The van der Waals surface area contributed by atoms with E-state index < -0.39 is 0 Å². The highest BCUT2D eigenvalue weighted by Crippen LogP contribution is 2.29. The highest BCUT2D eigenvalue weighted by molar-refractivity contribution is 6.00. The third-order valence-electron chi connectivity index (χ3n) is 5.02. The number of nitrogens with one attached hydrogen (secondary N) is 1. The molecule has 1 N–H and O–H groups in total. The van der Waals surface area contributed by atoms with Crippen LogP contribution in [0, 0.1) is 5.92 Å². The lowest BCUT2D eigenvalue weighted by atomic mass is 10.1. The molecule has 1 amide bonds. The van der Waals surface area contributed by atoms with E-state index in [9.17, 15) is 4.79 Å². The van der Waals surface area contributed by atoms with Crippen molar-refractivity contribution < 1.29 is 9.21 Å². The van der Waals surface area contributed by atoms with Crippen LogP contribution in [0.25, 0.3) is 22.8 Å². The topological polar surface area (TPSA) is 58.4 Å². The number of likely N-dealkylation sites (tertiary alicyclic amines) is 1. The van der Waals surface area contributed by atoms with Crippen molar-refractivity contribution in [3.63, 3.8) is 0 Å². The highest BCUT2D eigenvalue weighted by atomic mass is 16.4. The summed E-state index contributed by atoms with van der Waals surface area (Å²) in [5.74, 6) is 1.73. The van der Waals surface area contributed by atoms with Gasteiger partial charge in [-0.05, 0) is 38.1 Å². The number of carbonyl (C=O) groups is 1. The van der Waals surface area contributed by atoms with E-state index in [1.165, 1.54) is 0 Å². The summed E-state index contributed by atoms with van der Waals surface area (Å²) >= 11 is 0. The van der Waals surface area contributed by atoms with Crippen LogP contribution in [0.5, 0.6) is 0 Å². The summed E-state index contributed by atoms with van der Waals surface area (Å²) in [6.07, 6.45) is 2.75. The van der Waals surface area contributed by atoms with Crippen molar-refractivity contribution in [1.82, 2.24) is 15.2 Å². The summed E-state index contributed by atoms with van der Waals surface area (Å²) in [6, 6.07) is 17.4. The van der Waals surface area contributed by atoms with Gasteiger partial charge in [0.25, 0.3) is 5.91 Å². The predicted octanol–water partition coefficient (Wildman–Crippen LogP) is 3.69. The van der Waals surface area contributed by atoms with E-state index in [-0.39, 0.29) is 5.91 Å². The zero-order valence-corrected chi connectivity index (χ0v) is 15.4. The molecule has 3 aromatic rings. The molecule has 1 aromatic heterocycles. The zero-order chi connectivity index (χ0) is 18.6. The van der Waals surface area contributed by atoms with Crippen LogP contribution < -0.4 is 5.32 Å². The Labute approximate surface area is 159 Å². The number of hydrogen-bond donors (Lipinski definition) is 1. The number of rotatable bonds is 5. The number of nitrogens with zero attached hydrogens (tertiary/aromatic N) is 2. The van der Waals surface area contributed by atoms with Crippen LogP contribution in [0.4, 0.5) is 0 Å². The van der Waals surface area contributed by atoms with E-state index in [1.807, 2.05) is 66.5 Å². The van der Waals surface area contributed by atoms with Crippen LogP contribution in [-0.4, -0.2) is 42.5 Å². The van der Waals surface area contributed by atoms with E-state index in [2.05, 4.69) is 10.3 Å². The van der Waals surface area contributed by atoms with E-state index in [4.69, 9.17) is 4.42 Å². The van der Waals surface area contributed by atoms with Gasteiger partial charge < -0.3 is 14.6 Å². The lowest BCUT2D eigenvalue weighted by Gasteiger charge is -2.18. The van der Waals surface area contributed by atoms with Crippen molar-refractivity contribution in [1.29, 1.82) is 0 Å². The fourth-order valence-electron chi connectivity index (χ4n) is 3.63. The van der Waals surface area contributed by atoms with Crippen molar-refractivity contribution in [2.45, 2.75) is 6.42 Å². The third kappa shape index (κ3) is 3.64. The molecule has 4 rings (SSSR count). The Bertz CT molecular complexity index is 920. The van der Waals surface area contributed by atoms with Crippen LogP contribution in [-0.2, 0) is 0 Å². The molecule has 0 radical (unpaired) electrons. The maximum atomic E-state index is 13.1. The summed E-state index contributed by atoms with van der Waals surface area (Å²) in [6.45, 7) is 2.51. The zero-order valence-electron chi connectivity index (χ0n) is 15.4. The number of oxazole rings is 1. The first kappa shape index (κ1) is 17.5. The van der Waals surface area contributed by atoms with Gasteiger partial charge in [0.1, 0.15) is 0 Å². The highest BCUT2D eigenvalue weighted by Gasteiger charge is 2.28. The second-order valence-corrected chi connectivity index (χ2v) is 6.90.